The number of rotatable bonds is 10. The first kappa shape index (κ1) is 40.0. The predicted octanol–water partition coefficient (Wildman–Crippen LogP) is 3.15. The number of carbonyl (C=O) groups is 6. The standard InChI is InChI=1S/C45H53N11O6/c1-51-18-19-54(45(51)62)35-20-27-21-36(35)55(25-27)37-23-47-39(40(46)58)41(49-37)48-30-4-2-28(3-5-30)29-12-14-52(15-13-29)24-26-10-16-53(17-11-26)31-6-7-32-33(22-31)44(61)56(43(32)60)34-8-9-38(57)50-42(34)59/h2-7,22-23,26-27,29,34-36H,8-21,24-25H2,1H3,(H2,46,58)(H,48,49)(H,50,57,59). The second kappa shape index (κ2) is 16.0. The fourth-order valence-electron chi connectivity index (χ4n) is 11.2. The van der Waals surface area contributed by atoms with Crippen LogP contribution in [0.2, 0.25) is 0 Å². The number of amides is 7. The summed E-state index contributed by atoms with van der Waals surface area (Å²) in [6, 6.07) is 13.1. The van der Waals surface area contributed by atoms with Crippen LogP contribution in [-0.2, 0) is 9.59 Å². The highest BCUT2D eigenvalue weighted by Crippen LogP contribution is 2.43. The van der Waals surface area contributed by atoms with Crippen LogP contribution < -0.4 is 26.2 Å². The zero-order chi connectivity index (χ0) is 42.8. The van der Waals surface area contributed by atoms with Crippen LogP contribution in [0.5, 0.6) is 0 Å². The van der Waals surface area contributed by atoms with E-state index in [9.17, 15) is 28.8 Å². The number of nitrogens with one attached hydrogen (secondary N) is 2. The molecule has 7 heterocycles. The molecule has 0 spiro atoms. The van der Waals surface area contributed by atoms with E-state index in [0.29, 0.717) is 40.5 Å². The molecule has 1 aromatic heterocycles. The highest BCUT2D eigenvalue weighted by molar-refractivity contribution is 6.23. The summed E-state index contributed by atoms with van der Waals surface area (Å²) in [6.07, 6.45) is 8.06. The minimum atomic E-state index is -0.972. The van der Waals surface area contributed by atoms with Gasteiger partial charge in [0.1, 0.15) is 11.9 Å². The van der Waals surface area contributed by atoms with Gasteiger partial charge < -0.3 is 35.6 Å². The Kier molecular flexibility index (Phi) is 10.3. The van der Waals surface area contributed by atoms with Gasteiger partial charge in [0.25, 0.3) is 17.7 Å². The van der Waals surface area contributed by atoms with Crippen molar-refractivity contribution in [1.82, 2.24) is 34.9 Å². The Hall–Kier alpha value is -6.10. The largest absolute Gasteiger partial charge is 0.371 e. The molecule has 4 atom stereocenters. The van der Waals surface area contributed by atoms with Crippen molar-refractivity contribution in [1.29, 1.82) is 0 Å². The van der Waals surface area contributed by atoms with E-state index in [2.05, 4.69) is 42.5 Å². The van der Waals surface area contributed by atoms with Crippen LogP contribution in [-0.4, -0.2) is 143 Å². The SMILES string of the molecule is CN1CCN(C2CC3CC2N(c2cnc(C(N)=O)c(Nc4ccc(C5CCN(CC6CCN(c7ccc8c(c7)C(=O)N(C7CCC(=O)NC7=O)C8=O)CC6)CC5)cc4)n2)C3)C1=O. The van der Waals surface area contributed by atoms with Crippen molar-refractivity contribution in [2.75, 3.05) is 74.5 Å². The molecule has 7 aliphatic rings. The number of aromatic nitrogens is 2. The monoisotopic (exact) mass is 843 g/mol. The van der Waals surface area contributed by atoms with Crippen LogP contribution >= 0.6 is 0 Å². The number of piperidine rings is 4. The van der Waals surface area contributed by atoms with E-state index in [4.69, 9.17) is 10.7 Å². The van der Waals surface area contributed by atoms with Crippen molar-refractivity contribution < 1.29 is 28.8 Å². The summed E-state index contributed by atoms with van der Waals surface area (Å²) in [5.74, 6) is -0.1000. The number of hydrogen-bond acceptors (Lipinski definition) is 12. The molecule has 62 heavy (non-hydrogen) atoms. The van der Waals surface area contributed by atoms with Gasteiger partial charge in [-0.05, 0) is 112 Å². The number of primary amides is 1. The zero-order valence-electron chi connectivity index (χ0n) is 35.0. The van der Waals surface area contributed by atoms with Gasteiger partial charge in [0.05, 0.1) is 29.4 Å². The Morgan fingerprint density at radius 2 is 1.56 bits per heavy atom. The van der Waals surface area contributed by atoms with E-state index in [1.807, 2.05) is 30.1 Å². The number of hydrogen-bond donors (Lipinski definition) is 3. The number of anilines is 4. The first-order chi connectivity index (χ1) is 30.0. The average Bonchev–Trinajstić information content (AvgIpc) is 4.04. The molecule has 4 unspecified atom stereocenters. The molecule has 3 aromatic rings. The quantitative estimate of drug-likeness (QED) is 0.253. The molecule has 5 saturated heterocycles. The van der Waals surface area contributed by atoms with Crippen molar-refractivity contribution in [3.63, 3.8) is 0 Å². The van der Waals surface area contributed by atoms with Crippen LogP contribution in [0.15, 0.2) is 48.7 Å². The lowest BCUT2D eigenvalue weighted by molar-refractivity contribution is -0.136. The maximum Gasteiger partial charge on any atom is 0.320 e. The van der Waals surface area contributed by atoms with Gasteiger partial charge in [-0.25, -0.2) is 14.8 Å². The summed E-state index contributed by atoms with van der Waals surface area (Å²) in [5, 5.41) is 5.58. The van der Waals surface area contributed by atoms with Gasteiger partial charge in [-0.2, -0.15) is 0 Å². The molecule has 1 saturated carbocycles. The van der Waals surface area contributed by atoms with Crippen LogP contribution in [0.3, 0.4) is 0 Å². The van der Waals surface area contributed by atoms with Crippen LogP contribution in [0, 0.1) is 11.8 Å². The zero-order valence-corrected chi connectivity index (χ0v) is 35.0. The third-order valence-corrected chi connectivity index (χ3v) is 14.5. The lowest BCUT2D eigenvalue weighted by Gasteiger charge is -2.38. The van der Waals surface area contributed by atoms with Gasteiger partial charge in [-0.15, -0.1) is 0 Å². The molecule has 17 nitrogen and oxygen atoms in total. The second-order valence-corrected chi connectivity index (χ2v) is 18.2. The molecule has 17 heteroatoms. The summed E-state index contributed by atoms with van der Waals surface area (Å²) >= 11 is 0. The Morgan fingerprint density at radius 1 is 0.839 bits per heavy atom. The van der Waals surface area contributed by atoms with E-state index in [1.165, 1.54) is 5.56 Å². The van der Waals surface area contributed by atoms with E-state index in [0.717, 1.165) is 107 Å². The summed E-state index contributed by atoms with van der Waals surface area (Å²) in [5.41, 5.74) is 9.44. The number of carbonyl (C=O) groups excluding carboxylic acids is 6. The topological polar surface area (TPSA) is 198 Å². The van der Waals surface area contributed by atoms with Gasteiger partial charge >= 0.3 is 6.03 Å². The molecule has 324 valence electrons. The predicted molar refractivity (Wildman–Crippen MR) is 229 cm³/mol. The van der Waals surface area contributed by atoms with Crippen LogP contribution in [0.1, 0.15) is 94.1 Å². The molecule has 7 amide bonds. The number of nitrogens with zero attached hydrogens (tertiary/aromatic N) is 8. The fourth-order valence-corrected chi connectivity index (χ4v) is 11.2. The Labute approximate surface area is 359 Å². The number of urea groups is 1. The maximum atomic E-state index is 13.4. The molecule has 10 rings (SSSR count). The molecular formula is C45H53N11O6. The molecule has 6 aliphatic heterocycles. The lowest BCUT2D eigenvalue weighted by atomic mass is 9.88. The summed E-state index contributed by atoms with van der Waals surface area (Å²) in [6.45, 7) is 7.14. The first-order valence-corrected chi connectivity index (χ1v) is 22.1. The van der Waals surface area contributed by atoms with Crippen molar-refractivity contribution in [2.45, 2.75) is 75.4 Å². The third kappa shape index (κ3) is 7.28. The Bertz CT molecular complexity index is 2320. The second-order valence-electron chi connectivity index (χ2n) is 18.2. The number of fused-ring (bicyclic) bond motifs is 3. The molecule has 2 aromatic carbocycles. The molecule has 2 bridgehead atoms. The number of imide groups is 2. The summed E-state index contributed by atoms with van der Waals surface area (Å²) < 4.78 is 0. The van der Waals surface area contributed by atoms with Gasteiger partial charge in [-0.1, -0.05) is 12.1 Å². The van der Waals surface area contributed by atoms with Crippen molar-refractivity contribution in [3.05, 3.63) is 71.0 Å². The Balaban J connectivity index is 0.711. The number of nitrogens with two attached hydrogens (primary N) is 1. The lowest BCUT2D eigenvalue weighted by Crippen LogP contribution is -2.54. The molecule has 1 aliphatic carbocycles. The highest BCUT2D eigenvalue weighted by Gasteiger charge is 2.50. The van der Waals surface area contributed by atoms with Gasteiger partial charge in [0.15, 0.2) is 11.5 Å². The normalized spacial score (nSPS) is 26.0. The third-order valence-electron chi connectivity index (χ3n) is 14.5. The fraction of sp³-hybridized carbons (Fsp3) is 0.511. The van der Waals surface area contributed by atoms with E-state index >= 15 is 0 Å². The van der Waals surface area contributed by atoms with Crippen molar-refractivity contribution in [2.24, 2.45) is 17.6 Å². The summed E-state index contributed by atoms with van der Waals surface area (Å²) in [4.78, 5) is 97.2. The molecule has 0 radical (unpaired) electrons. The Morgan fingerprint density at radius 3 is 2.24 bits per heavy atom. The number of likely N-dealkylation sites (N-methyl/N-ethyl adjacent to an activating group) is 1. The average molecular weight is 844 g/mol. The minimum absolute atomic E-state index is 0.0858. The smallest absolute Gasteiger partial charge is 0.320 e. The van der Waals surface area contributed by atoms with Crippen molar-refractivity contribution in [3.8, 4) is 0 Å². The van der Waals surface area contributed by atoms with Gasteiger partial charge in [0, 0.05) is 64.1 Å². The first-order valence-electron chi connectivity index (χ1n) is 22.1. The van der Waals surface area contributed by atoms with Gasteiger partial charge in [-0.3, -0.25) is 34.2 Å². The molecule has 4 N–H and O–H groups in total. The minimum Gasteiger partial charge on any atom is -0.371 e. The van der Waals surface area contributed by atoms with E-state index in [1.54, 1.807) is 23.2 Å². The van der Waals surface area contributed by atoms with Crippen LogP contribution in [0.4, 0.5) is 27.8 Å². The van der Waals surface area contributed by atoms with E-state index < -0.39 is 35.6 Å². The molecule has 6 fully saturated rings. The number of likely N-dealkylation sites (tertiary alicyclic amines) is 1. The molecular weight excluding hydrogens is 791 g/mol. The van der Waals surface area contributed by atoms with Crippen molar-refractivity contribution >= 4 is 58.6 Å². The van der Waals surface area contributed by atoms with Crippen LogP contribution in [0.25, 0.3) is 0 Å². The van der Waals surface area contributed by atoms with E-state index in [-0.39, 0.29) is 36.7 Å². The summed E-state index contributed by atoms with van der Waals surface area (Å²) in [7, 11) is 1.85. The van der Waals surface area contributed by atoms with Gasteiger partial charge in [0.2, 0.25) is 11.8 Å². The highest BCUT2D eigenvalue weighted by atomic mass is 16.2. The maximum absolute atomic E-state index is 13.4. The number of benzene rings is 2.